The molecule has 0 radical (unpaired) electrons. The smallest absolute Gasteiger partial charge is 0.124 e. The van der Waals surface area contributed by atoms with Gasteiger partial charge in [-0.1, -0.05) is 22.0 Å². The van der Waals surface area contributed by atoms with Crippen LogP contribution in [0.25, 0.3) is 10.2 Å². The molecule has 2 nitrogen and oxygen atoms in total. The molecule has 20 heavy (non-hydrogen) atoms. The number of thiophene rings is 1. The van der Waals surface area contributed by atoms with Crippen LogP contribution in [0.15, 0.2) is 46.4 Å². The largest absolute Gasteiger partial charge is 0.324 e. The zero-order valence-corrected chi connectivity index (χ0v) is 12.9. The lowest BCUT2D eigenvalue weighted by Gasteiger charge is -2.13. The summed E-state index contributed by atoms with van der Waals surface area (Å²) in [6, 6.07) is 8.59. The van der Waals surface area contributed by atoms with Crippen LogP contribution in [0.3, 0.4) is 0 Å². The average molecular weight is 351 g/mol. The summed E-state index contributed by atoms with van der Waals surface area (Å²) in [6.07, 6.45) is 2.45. The van der Waals surface area contributed by atoms with Crippen LogP contribution >= 0.6 is 27.3 Å². The first-order chi connectivity index (χ1) is 9.63. The van der Waals surface area contributed by atoms with Gasteiger partial charge < -0.3 is 5.73 Å². The van der Waals surface area contributed by atoms with Gasteiger partial charge in [-0.05, 0) is 47.2 Å². The summed E-state index contributed by atoms with van der Waals surface area (Å²) in [5, 5.41) is 2.02. The van der Waals surface area contributed by atoms with Crippen LogP contribution in [-0.2, 0) is 6.42 Å². The van der Waals surface area contributed by atoms with Gasteiger partial charge in [-0.2, -0.15) is 0 Å². The van der Waals surface area contributed by atoms with Crippen molar-refractivity contribution in [3.8, 4) is 0 Å². The van der Waals surface area contributed by atoms with Gasteiger partial charge in [0.05, 0.1) is 10.2 Å². The number of rotatable bonds is 3. The number of fused-ring (bicyclic) bond motifs is 1. The van der Waals surface area contributed by atoms with E-state index < -0.39 is 0 Å². The van der Waals surface area contributed by atoms with E-state index in [1.807, 2.05) is 17.6 Å². The van der Waals surface area contributed by atoms with Crippen molar-refractivity contribution in [1.29, 1.82) is 0 Å². The van der Waals surface area contributed by atoms with Gasteiger partial charge in [0, 0.05) is 16.7 Å². The molecule has 1 unspecified atom stereocenters. The van der Waals surface area contributed by atoms with Gasteiger partial charge in [0.2, 0.25) is 0 Å². The first-order valence-corrected chi connectivity index (χ1v) is 7.83. The predicted molar refractivity (Wildman–Crippen MR) is 84.4 cm³/mol. The highest BCUT2D eigenvalue weighted by molar-refractivity contribution is 9.10. The molecular weight excluding hydrogens is 339 g/mol. The summed E-state index contributed by atoms with van der Waals surface area (Å²) in [6.45, 7) is 0. The maximum Gasteiger partial charge on any atom is 0.124 e. The highest BCUT2D eigenvalue weighted by Crippen LogP contribution is 2.26. The maximum absolute atomic E-state index is 13.1. The van der Waals surface area contributed by atoms with Gasteiger partial charge in [-0.15, -0.1) is 11.3 Å². The molecule has 2 N–H and O–H groups in total. The second-order valence-corrected chi connectivity index (χ2v) is 6.42. The number of benzene rings is 1. The lowest BCUT2D eigenvalue weighted by molar-refractivity contribution is 0.624. The fourth-order valence-electron chi connectivity index (χ4n) is 2.11. The molecule has 0 amide bonds. The van der Waals surface area contributed by atoms with E-state index in [2.05, 4.69) is 27.0 Å². The highest BCUT2D eigenvalue weighted by atomic mass is 79.9. The molecular formula is C15H12BrFN2S. The summed E-state index contributed by atoms with van der Waals surface area (Å²) in [7, 11) is 0. The van der Waals surface area contributed by atoms with Crippen molar-refractivity contribution in [3.05, 3.63) is 63.3 Å². The van der Waals surface area contributed by atoms with Crippen LogP contribution in [0.2, 0.25) is 0 Å². The molecule has 5 heteroatoms. The molecule has 2 aromatic heterocycles. The van der Waals surface area contributed by atoms with Gasteiger partial charge in [0.15, 0.2) is 0 Å². The van der Waals surface area contributed by atoms with Gasteiger partial charge in [0.1, 0.15) is 5.82 Å². The molecule has 1 atom stereocenters. The van der Waals surface area contributed by atoms with Gasteiger partial charge >= 0.3 is 0 Å². The molecule has 2 heterocycles. The van der Waals surface area contributed by atoms with Crippen LogP contribution in [0.5, 0.6) is 0 Å². The fraction of sp³-hybridized carbons (Fsp3) is 0.133. The summed E-state index contributed by atoms with van der Waals surface area (Å²) < 4.78 is 15.0. The van der Waals surface area contributed by atoms with Crippen LogP contribution < -0.4 is 5.73 Å². The van der Waals surface area contributed by atoms with Crippen LogP contribution in [0, 0.1) is 5.82 Å². The molecule has 0 aliphatic heterocycles. The van der Waals surface area contributed by atoms with Crippen molar-refractivity contribution in [2.75, 3.05) is 0 Å². The Morgan fingerprint density at radius 3 is 2.95 bits per heavy atom. The Bertz CT molecular complexity index is 756. The third kappa shape index (κ3) is 2.75. The standard InChI is InChI=1S/C15H12BrFN2S/c16-12-7-11(17)2-1-9(12)5-13(18)10-6-15-14(19-8-10)3-4-20-15/h1-4,6-8,13H,5,18H2. The first-order valence-electron chi connectivity index (χ1n) is 6.16. The van der Waals surface area contributed by atoms with E-state index in [0.717, 1.165) is 25.8 Å². The predicted octanol–water partition coefficient (Wildman–Crippen LogP) is 4.44. The second kappa shape index (κ2) is 5.60. The molecule has 3 aromatic rings. The third-order valence-electron chi connectivity index (χ3n) is 3.21. The molecule has 0 bridgehead atoms. The number of nitrogens with two attached hydrogens (primary N) is 1. The number of hydrogen-bond donors (Lipinski definition) is 1. The van der Waals surface area contributed by atoms with E-state index in [9.17, 15) is 4.39 Å². The summed E-state index contributed by atoms with van der Waals surface area (Å²) >= 11 is 5.03. The first kappa shape index (κ1) is 13.7. The Hall–Kier alpha value is -1.30. The third-order valence-corrected chi connectivity index (χ3v) is 4.80. The Morgan fingerprint density at radius 1 is 1.30 bits per heavy atom. The maximum atomic E-state index is 13.1. The minimum atomic E-state index is -0.254. The molecule has 102 valence electrons. The topological polar surface area (TPSA) is 38.9 Å². The van der Waals surface area contributed by atoms with Gasteiger partial charge in [-0.3, -0.25) is 4.98 Å². The Morgan fingerprint density at radius 2 is 2.15 bits per heavy atom. The van der Waals surface area contributed by atoms with E-state index in [1.54, 1.807) is 17.4 Å². The summed E-state index contributed by atoms with van der Waals surface area (Å²) in [5.41, 5.74) is 9.23. The monoisotopic (exact) mass is 350 g/mol. The van der Waals surface area contributed by atoms with Crippen molar-refractivity contribution < 1.29 is 4.39 Å². The second-order valence-electron chi connectivity index (χ2n) is 4.62. The van der Waals surface area contributed by atoms with Crippen molar-refractivity contribution in [2.45, 2.75) is 12.5 Å². The lowest BCUT2D eigenvalue weighted by Crippen LogP contribution is -2.14. The van der Waals surface area contributed by atoms with E-state index >= 15 is 0 Å². The van der Waals surface area contributed by atoms with Gasteiger partial charge in [-0.25, -0.2) is 4.39 Å². The number of hydrogen-bond acceptors (Lipinski definition) is 3. The molecule has 0 aliphatic carbocycles. The molecule has 0 saturated carbocycles. The molecule has 0 saturated heterocycles. The van der Waals surface area contributed by atoms with Crippen molar-refractivity contribution in [1.82, 2.24) is 4.98 Å². The summed E-state index contributed by atoms with van der Waals surface area (Å²) in [5.74, 6) is -0.254. The molecule has 3 rings (SSSR count). The van der Waals surface area contributed by atoms with E-state index in [1.165, 1.54) is 12.1 Å². The lowest BCUT2D eigenvalue weighted by atomic mass is 10.0. The molecule has 0 fully saturated rings. The minimum Gasteiger partial charge on any atom is -0.324 e. The van der Waals surface area contributed by atoms with Crippen molar-refractivity contribution >= 4 is 37.5 Å². The average Bonchev–Trinajstić information content (AvgIpc) is 2.89. The van der Waals surface area contributed by atoms with E-state index in [0.29, 0.717) is 6.42 Å². The minimum absolute atomic E-state index is 0.157. The van der Waals surface area contributed by atoms with Crippen molar-refractivity contribution in [2.24, 2.45) is 5.73 Å². The van der Waals surface area contributed by atoms with Crippen LogP contribution in [0.1, 0.15) is 17.2 Å². The Labute approximate surface area is 128 Å². The van der Waals surface area contributed by atoms with Crippen LogP contribution in [0.4, 0.5) is 4.39 Å². The summed E-state index contributed by atoms with van der Waals surface area (Å²) in [4.78, 5) is 4.40. The number of pyridine rings is 1. The number of aromatic nitrogens is 1. The van der Waals surface area contributed by atoms with E-state index in [-0.39, 0.29) is 11.9 Å². The highest BCUT2D eigenvalue weighted by Gasteiger charge is 2.11. The number of halogens is 2. The zero-order valence-electron chi connectivity index (χ0n) is 10.5. The Balaban J connectivity index is 1.86. The SMILES string of the molecule is NC(Cc1ccc(F)cc1Br)c1cnc2ccsc2c1. The van der Waals surface area contributed by atoms with E-state index in [4.69, 9.17) is 5.73 Å². The van der Waals surface area contributed by atoms with Crippen molar-refractivity contribution in [3.63, 3.8) is 0 Å². The Kier molecular flexibility index (Phi) is 3.83. The van der Waals surface area contributed by atoms with Crippen LogP contribution in [-0.4, -0.2) is 4.98 Å². The number of nitrogens with zero attached hydrogens (tertiary/aromatic N) is 1. The molecule has 1 aromatic carbocycles. The molecule has 0 spiro atoms. The zero-order chi connectivity index (χ0) is 14.1. The normalized spacial score (nSPS) is 12.8. The quantitative estimate of drug-likeness (QED) is 0.758. The molecule has 0 aliphatic rings. The fourth-order valence-corrected chi connectivity index (χ4v) is 3.41. The van der Waals surface area contributed by atoms with Gasteiger partial charge in [0.25, 0.3) is 0 Å².